The predicted molar refractivity (Wildman–Crippen MR) is 78.9 cm³/mol. The van der Waals surface area contributed by atoms with Crippen LogP contribution in [0.5, 0.6) is 0 Å². The van der Waals surface area contributed by atoms with Crippen LogP contribution in [-0.2, 0) is 11.3 Å². The van der Waals surface area contributed by atoms with Crippen molar-refractivity contribution in [2.45, 2.75) is 44.7 Å². The maximum atomic E-state index is 12.2. The first-order chi connectivity index (χ1) is 9.31. The molecule has 0 aromatic heterocycles. The van der Waals surface area contributed by atoms with Gasteiger partial charge in [0.15, 0.2) is 0 Å². The average Bonchev–Trinajstić information content (AvgIpc) is 2.65. The summed E-state index contributed by atoms with van der Waals surface area (Å²) in [6.45, 7) is 7.73. The Morgan fingerprint density at radius 3 is 2.70 bits per heavy atom. The quantitative estimate of drug-likeness (QED) is 0.780. The van der Waals surface area contributed by atoms with E-state index >= 15 is 0 Å². The number of nitrogens with zero attached hydrogens (tertiary/aromatic N) is 1. The van der Waals surface area contributed by atoms with Crippen LogP contribution in [0.1, 0.15) is 43.6 Å². The van der Waals surface area contributed by atoms with E-state index in [9.17, 15) is 9.59 Å². The van der Waals surface area contributed by atoms with Crippen molar-refractivity contribution >= 4 is 23.8 Å². The number of ether oxygens (including phenoxy) is 1. The number of hydrogen-bond donors (Lipinski definition) is 0. The molecule has 0 unspecified atom stereocenters. The third-order valence-electron chi connectivity index (χ3n) is 2.81. The minimum atomic E-state index is -0.602. The fourth-order valence-electron chi connectivity index (χ4n) is 2.02. The molecule has 0 saturated heterocycles. The number of rotatable bonds is 2. The monoisotopic (exact) mass is 293 g/mol. The lowest BCUT2D eigenvalue weighted by atomic mass is 10.1. The molecule has 0 saturated carbocycles. The van der Waals surface area contributed by atoms with E-state index in [2.05, 4.69) is 6.92 Å². The topological polar surface area (TPSA) is 46.6 Å². The number of thioether (sulfide) groups is 1. The summed E-state index contributed by atoms with van der Waals surface area (Å²) in [5.41, 5.74) is 0.880. The molecule has 2 rings (SSSR count). The van der Waals surface area contributed by atoms with Gasteiger partial charge in [-0.05, 0) is 50.3 Å². The van der Waals surface area contributed by atoms with Gasteiger partial charge < -0.3 is 4.74 Å². The molecule has 0 N–H and O–H groups in total. The molecule has 4 nitrogen and oxygen atoms in total. The second-order valence-corrected chi connectivity index (χ2v) is 6.96. The lowest BCUT2D eigenvalue weighted by molar-refractivity contribution is 0.0248. The molecule has 1 aliphatic rings. The van der Waals surface area contributed by atoms with Crippen LogP contribution in [0.3, 0.4) is 0 Å². The van der Waals surface area contributed by atoms with Crippen molar-refractivity contribution in [2.24, 2.45) is 0 Å². The lowest BCUT2D eigenvalue weighted by Crippen LogP contribution is -2.36. The molecule has 0 atom stereocenters. The highest BCUT2D eigenvalue weighted by molar-refractivity contribution is 7.99. The molecule has 1 heterocycles. The Balaban J connectivity index is 2.18. The minimum absolute atomic E-state index is 0.276. The van der Waals surface area contributed by atoms with Crippen LogP contribution in [0.2, 0.25) is 0 Å². The van der Waals surface area contributed by atoms with Crippen molar-refractivity contribution in [3.63, 3.8) is 0 Å². The van der Waals surface area contributed by atoms with Gasteiger partial charge >= 0.3 is 6.09 Å². The maximum absolute atomic E-state index is 12.2. The van der Waals surface area contributed by atoms with Gasteiger partial charge in [0.2, 0.25) is 0 Å². The first-order valence-electron chi connectivity index (χ1n) is 6.62. The highest BCUT2D eigenvalue weighted by Gasteiger charge is 2.34. The van der Waals surface area contributed by atoms with Crippen molar-refractivity contribution in [3.05, 3.63) is 29.3 Å². The van der Waals surface area contributed by atoms with Crippen LogP contribution in [0, 0.1) is 0 Å². The first-order valence-corrected chi connectivity index (χ1v) is 7.61. The van der Waals surface area contributed by atoms with E-state index in [0.717, 1.165) is 21.1 Å². The van der Waals surface area contributed by atoms with Gasteiger partial charge in [0.05, 0.1) is 6.54 Å². The zero-order chi connectivity index (χ0) is 14.9. The number of fused-ring (bicyclic) bond motifs is 1. The fraction of sp³-hybridized carbons (Fsp3) is 0.467. The molecule has 0 spiro atoms. The van der Waals surface area contributed by atoms with Crippen molar-refractivity contribution in [1.29, 1.82) is 0 Å². The highest BCUT2D eigenvalue weighted by atomic mass is 32.2. The Morgan fingerprint density at radius 1 is 1.40 bits per heavy atom. The third-order valence-corrected chi connectivity index (χ3v) is 3.68. The zero-order valence-corrected chi connectivity index (χ0v) is 13.0. The van der Waals surface area contributed by atoms with Gasteiger partial charge in [-0.1, -0.05) is 6.92 Å². The first kappa shape index (κ1) is 14.9. The molecule has 0 fully saturated rings. The molecule has 0 radical (unpaired) electrons. The Labute approximate surface area is 123 Å². The Morgan fingerprint density at radius 2 is 2.10 bits per heavy atom. The molecule has 108 valence electrons. The van der Waals surface area contributed by atoms with E-state index in [1.807, 2.05) is 12.1 Å². The van der Waals surface area contributed by atoms with E-state index in [1.165, 1.54) is 0 Å². The molecular weight excluding hydrogens is 274 g/mol. The van der Waals surface area contributed by atoms with E-state index in [1.54, 1.807) is 38.6 Å². The van der Waals surface area contributed by atoms with Gasteiger partial charge in [0.25, 0.3) is 5.91 Å². The van der Waals surface area contributed by atoms with E-state index in [-0.39, 0.29) is 5.91 Å². The normalized spacial score (nSPS) is 14.4. The van der Waals surface area contributed by atoms with Crippen LogP contribution >= 0.6 is 11.8 Å². The van der Waals surface area contributed by atoms with E-state index in [4.69, 9.17) is 4.74 Å². The molecule has 5 heteroatoms. The standard InChI is InChI=1S/C15H19NO3S/c1-5-20-11-6-7-12-10(8-11)9-16(13(12)17)14(18)19-15(2,3)4/h6-8H,5,9H2,1-4H3. The molecule has 1 aliphatic heterocycles. The summed E-state index contributed by atoms with van der Waals surface area (Å²) < 4.78 is 5.26. The smallest absolute Gasteiger partial charge is 0.417 e. The molecule has 0 bridgehead atoms. The van der Waals surface area contributed by atoms with Crippen LogP contribution in [0.4, 0.5) is 4.79 Å². The number of carbonyl (C=O) groups is 2. The summed E-state index contributed by atoms with van der Waals surface area (Å²) in [6.07, 6.45) is -0.580. The van der Waals surface area contributed by atoms with Crippen molar-refractivity contribution in [2.75, 3.05) is 5.75 Å². The van der Waals surface area contributed by atoms with Crippen molar-refractivity contribution < 1.29 is 14.3 Å². The summed E-state index contributed by atoms with van der Waals surface area (Å²) >= 11 is 1.72. The highest BCUT2D eigenvalue weighted by Crippen LogP contribution is 2.29. The Kier molecular flexibility index (Phi) is 4.09. The molecular formula is C15H19NO3S. The zero-order valence-electron chi connectivity index (χ0n) is 12.2. The van der Waals surface area contributed by atoms with Gasteiger partial charge in [-0.2, -0.15) is 0 Å². The summed E-state index contributed by atoms with van der Waals surface area (Å²) in [5.74, 6) is 0.699. The molecule has 2 amide bonds. The predicted octanol–water partition coefficient (Wildman–Crippen LogP) is 3.69. The Hall–Kier alpha value is -1.49. The number of amides is 2. The molecule has 1 aromatic carbocycles. The number of imide groups is 1. The van der Waals surface area contributed by atoms with Gasteiger partial charge in [0, 0.05) is 10.5 Å². The van der Waals surface area contributed by atoms with Gasteiger partial charge in [0.1, 0.15) is 5.60 Å². The maximum Gasteiger partial charge on any atom is 0.417 e. The second-order valence-electron chi connectivity index (χ2n) is 5.62. The largest absolute Gasteiger partial charge is 0.443 e. The number of hydrogen-bond acceptors (Lipinski definition) is 4. The van der Waals surface area contributed by atoms with Crippen LogP contribution in [0.25, 0.3) is 0 Å². The van der Waals surface area contributed by atoms with Crippen molar-refractivity contribution in [3.8, 4) is 0 Å². The number of benzene rings is 1. The second kappa shape index (κ2) is 5.48. The summed E-state index contributed by atoms with van der Waals surface area (Å²) in [7, 11) is 0. The van der Waals surface area contributed by atoms with Crippen LogP contribution in [-0.4, -0.2) is 28.3 Å². The average molecular weight is 293 g/mol. The lowest BCUT2D eigenvalue weighted by Gasteiger charge is -2.23. The molecule has 1 aromatic rings. The number of carbonyl (C=O) groups excluding carboxylic acids is 2. The molecule has 0 aliphatic carbocycles. The van der Waals surface area contributed by atoms with Crippen LogP contribution in [0.15, 0.2) is 23.1 Å². The third kappa shape index (κ3) is 3.15. The van der Waals surface area contributed by atoms with Gasteiger partial charge in [-0.15, -0.1) is 11.8 Å². The van der Waals surface area contributed by atoms with E-state index in [0.29, 0.717) is 12.1 Å². The van der Waals surface area contributed by atoms with Gasteiger partial charge in [-0.3, -0.25) is 4.79 Å². The minimum Gasteiger partial charge on any atom is -0.443 e. The van der Waals surface area contributed by atoms with Crippen molar-refractivity contribution in [1.82, 2.24) is 4.90 Å². The SMILES string of the molecule is CCSc1ccc2c(c1)CN(C(=O)OC(C)(C)C)C2=O. The Bertz CT molecular complexity index is 549. The van der Waals surface area contributed by atoms with Crippen LogP contribution < -0.4 is 0 Å². The summed E-state index contributed by atoms with van der Waals surface area (Å²) in [6, 6.07) is 5.69. The summed E-state index contributed by atoms with van der Waals surface area (Å²) in [5, 5.41) is 0. The fourth-order valence-corrected chi connectivity index (χ4v) is 2.74. The van der Waals surface area contributed by atoms with Gasteiger partial charge in [-0.25, -0.2) is 9.69 Å². The molecule has 20 heavy (non-hydrogen) atoms. The van der Waals surface area contributed by atoms with E-state index < -0.39 is 11.7 Å². The summed E-state index contributed by atoms with van der Waals surface area (Å²) in [4.78, 5) is 26.5.